The quantitative estimate of drug-likeness (QED) is 0.106. The zero-order chi connectivity index (χ0) is 27.6. The van der Waals surface area contributed by atoms with Crippen molar-refractivity contribution in [1.29, 1.82) is 0 Å². The van der Waals surface area contributed by atoms with Crippen LogP contribution in [0.5, 0.6) is 0 Å². The molecular weight excluding hydrogens is 486 g/mol. The molecule has 0 saturated carbocycles. The summed E-state index contributed by atoms with van der Waals surface area (Å²) in [7, 11) is 0. The fraction of sp³-hybridized carbons (Fsp3) is 0.759. The summed E-state index contributed by atoms with van der Waals surface area (Å²) in [5.41, 5.74) is 7.36. The van der Waals surface area contributed by atoms with E-state index in [1.165, 1.54) is 0 Å². The number of ether oxygens (including phenoxy) is 4. The summed E-state index contributed by atoms with van der Waals surface area (Å²) in [6.45, 7) is 10.9. The molecule has 0 fully saturated rings. The Balaban J connectivity index is 2.45. The van der Waals surface area contributed by atoms with Crippen molar-refractivity contribution in [3.8, 4) is 0 Å². The van der Waals surface area contributed by atoms with Crippen LogP contribution < -0.4 is 5.73 Å². The van der Waals surface area contributed by atoms with E-state index < -0.39 is 17.8 Å². The molecule has 0 radical (unpaired) electrons. The number of nitrogens with zero attached hydrogens (tertiary/aromatic N) is 2. The summed E-state index contributed by atoms with van der Waals surface area (Å²) >= 11 is 0. The van der Waals surface area contributed by atoms with Crippen LogP contribution in [0.2, 0.25) is 0 Å². The van der Waals surface area contributed by atoms with Crippen molar-refractivity contribution >= 4 is 11.2 Å². The molecule has 3 N–H and O–H groups in total. The van der Waals surface area contributed by atoms with E-state index in [4.69, 9.17) is 29.6 Å². The lowest BCUT2D eigenvalue weighted by Crippen LogP contribution is -2.59. The number of rotatable bonds is 23. The number of nitrogen functional groups attached to an aromatic ring is 1. The molecule has 2 atom stereocenters. The maximum absolute atomic E-state index is 10.4. The van der Waals surface area contributed by atoms with E-state index in [1.807, 2.05) is 16.6 Å². The first-order chi connectivity index (χ1) is 18.6. The summed E-state index contributed by atoms with van der Waals surface area (Å²) in [6.07, 6.45) is 8.70. The van der Waals surface area contributed by atoms with E-state index in [9.17, 15) is 5.26 Å². The van der Waals surface area contributed by atoms with Gasteiger partial charge >= 0.3 is 0 Å². The highest BCUT2D eigenvalue weighted by molar-refractivity contribution is 5.69. The predicted molar refractivity (Wildman–Crippen MR) is 151 cm³/mol. The predicted octanol–water partition coefficient (Wildman–Crippen LogP) is 5.69. The Labute approximate surface area is 228 Å². The molecule has 0 spiro atoms. The van der Waals surface area contributed by atoms with Gasteiger partial charge in [0.2, 0.25) is 0 Å². The van der Waals surface area contributed by atoms with Crippen LogP contribution in [-0.2, 0) is 30.3 Å². The number of aromatic nitrogens is 2. The largest absolute Gasteiger partial charge is 0.397 e. The van der Waals surface area contributed by atoms with Crippen LogP contribution in [0.3, 0.4) is 0 Å². The summed E-state index contributed by atoms with van der Waals surface area (Å²) in [5, 5.41) is 15.0. The molecule has 0 saturated heterocycles. The van der Waals surface area contributed by atoms with Crippen LogP contribution >= 0.6 is 0 Å². The Morgan fingerprint density at radius 1 is 0.842 bits per heavy atom. The lowest BCUT2D eigenvalue weighted by atomic mass is 9.91. The lowest BCUT2D eigenvalue weighted by molar-refractivity contribution is -0.375. The summed E-state index contributed by atoms with van der Waals surface area (Å²) in [4.78, 5) is 5.31. The first-order valence-corrected chi connectivity index (χ1v) is 14.5. The van der Waals surface area contributed by atoms with Gasteiger partial charge in [-0.15, -0.1) is 0 Å². The molecule has 0 aromatic carbocycles. The molecule has 0 aliphatic carbocycles. The van der Waals surface area contributed by atoms with Crippen LogP contribution in [0.4, 0.5) is 5.69 Å². The monoisotopic (exact) mass is 537 g/mol. The SMILES string of the molecule is CCCCOCC(COCCCC)(OO)[C@@H](OCCCC)[C@H](Cc1ccc2c(N)ccnn12)OCCCC. The first kappa shape index (κ1) is 32.5. The van der Waals surface area contributed by atoms with E-state index in [0.717, 1.165) is 62.6 Å². The van der Waals surface area contributed by atoms with Gasteiger partial charge in [-0.1, -0.05) is 53.4 Å². The lowest BCUT2D eigenvalue weighted by Gasteiger charge is -2.41. The van der Waals surface area contributed by atoms with E-state index >= 15 is 0 Å². The third-order valence-corrected chi connectivity index (χ3v) is 6.72. The Bertz CT molecular complexity index is 865. The fourth-order valence-electron chi connectivity index (χ4n) is 4.33. The Morgan fingerprint density at radius 2 is 1.42 bits per heavy atom. The van der Waals surface area contributed by atoms with Gasteiger partial charge in [-0.05, 0) is 43.9 Å². The number of hydrogen-bond donors (Lipinski definition) is 2. The maximum Gasteiger partial charge on any atom is 0.178 e. The highest BCUT2D eigenvalue weighted by Crippen LogP contribution is 2.29. The van der Waals surface area contributed by atoms with Crippen molar-refractivity contribution in [1.82, 2.24) is 9.61 Å². The third-order valence-electron chi connectivity index (χ3n) is 6.72. The van der Waals surface area contributed by atoms with Gasteiger partial charge in [0.25, 0.3) is 0 Å². The van der Waals surface area contributed by atoms with Gasteiger partial charge in [-0.2, -0.15) is 5.10 Å². The van der Waals surface area contributed by atoms with Crippen molar-refractivity contribution in [3.63, 3.8) is 0 Å². The second kappa shape index (κ2) is 18.5. The van der Waals surface area contributed by atoms with Crippen LogP contribution in [0.15, 0.2) is 24.4 Å². The second-order valence-corrected chi connectivity index (χ2v) is 9.99. The van der Waals surface area contributed by atoms with E-state index in [0.29, 0.717) is 38.5 Å². The summed E-state index contributed by atoms with van der Waals surface area (Å²) < 4.78 is 26.9. The fourth-order valence-corrected chi connectivity index (χ4v) is 4.33. The normalized spacial score (nSPS) is 13.8. The van der Waals surface area contributed by atoms with Gasteiger partial charge in [-0.25, -0.2) is 9.40 Å². The molecule has 2 rings (SSSR count). The number of unbranched alkanes of at least 4 members (excludes halogenated alkanes) is 4. The van der Waals surface area contributed by atoms with E-state index in [2.05, 4.69) is 32.8 Å². The molecule has 218 valence electrons. The molecule has 2 heterocycles. The minimum absolute atomic E-state index is 0.125. The number of hydrogen-bond acceptors (Lipinski definition) is 8. The maximum atomic E-state index is 10.4. The molecule has 9 heteroatoms. The van der Waals surface area contributed by atoms with Gasteiger partial charge in [0.05, 0.1) is 30.5 Å². The molecule has 0 unspecified atom stereocenters. The molecule has 38 heavy (non-hydrogen) atoms. The minimum atomic E-state index is -1.26. The smallest absolute Gasteiger partial charge is 0.178 e. The van der Waals surface area contributed by atoms with Gasteiger partial charge in [-0.3, -0.25) is 5.26 Å². The van der Waals surface area contributed by atoms with E-state index in [1.54, 1.807) is 12.3 Å². The van der Waals surface area contributed by atoms with Crippen molar-refractivity contribution in [2.24, 2.45) is 0 Å². The van der Waals surface area contributed by atoms with Gasteiger partial charge in [0.1, 0.15) is 6.10 Å². The average Bonchev–Trinajstić information content (AvgIpc) is 3.34. The molecule has 9 nitrogen and oxygen atoms in total. The van der Waals surface area contributed by atoms with Crippen LogP contribution in [0.1, 0.15) is 84.8 Å². The summed E-state index contributed by atoms with van der Waals surface area (Å²) in [5.74, 6) is 0. The molecule has 0 aliphatic rings. The van der Waals surface area contributed by atoms with E-state index in [-0.39, 0.29) is 13.2 Å². The van der Waals surface area contributed by atoms with Crippen molar-refractivity contribution in [2.45, 2.75) is 103 Å². The Kier molecular flexibility index (Phi) is 15.8. The van der Waals surface area contributed by atoms with Crippen molar-refractivity contribution < 1.29 is 29.1 Å². The zero-order valence-corrected chi connectivity index (χ0v) is 24.0. The number of anilines is 1. The van der Waals surface area contributed by atoms with Gasteiger partial charge < -0.3 is 24.7 Å². The van der Waals surface area contributed by atoms with Gasteiger partial charge in [0, 0.05) is 44.7 Å². The van der Waals surface area contributed by atoms with Gasteiger partial charge in [0.15, 0.2) is 5.60 Å². The zero-order valence-electron chi connectivity index (χ0n) is 24.0. The Morgan fingerprint density at radius 3 is 2.00 bits per heavy atom. The first-order valence-electron chi connectivity index (χ1n) is 14.5. The highest BCUT2D eigenvalue weighted by Gasteiger charge is 2.48. The number of nitrogens with two attached hydrogens (primary N) is 1. The third kappa shape index (κ3) is 9.77. The molecule has 2 aromatic heterocycles. The molecule has 2 aromatic rings. The Hall–Kier alpha value is -1.75. The molecule has 0 bridgehead atoms. The molecular formula is C29H51N3O6. The highest BCUT2D eigenvalue weighted by atomic mass is 17.1. The molecule has 0 aliphatic heterocycles. The standard InChI is InChI=1S/C29H51N3O6/c1-5-9-17-34-22-29(38-33,23-35-18-10-6-2)28(37-20-12-8-4)27(36-19-11-7-3)21-24-13-14-26-25(30)15-16-31-32(24)26/h13-16,27-28,33H,5-12,17-23,30H2,1-4H3/t27-,28-/m0/s1. The van der Waals surface area contributed by atoms with Crippen molar-refractivity contribution in [2.75, 3.05) is 45.4 Å². The van der Waals surface area contributed by atoms with Crippen LogP contribution in [-0.4, -0.2) is 72.3 Å². The topological polar surface area (TPSA) is 110 Å². The average molecular weight is 538 g/mol. The summed E-state index contributed by atoms with van der Waals surface area (Å²) in [6, 6.07) is 5.76. The molecule has 0 amide bonds. The second-order valence-electron chi connectivity index (χ2n) is 9.99. The number of fused-ring (bicyclic) bond motifs is 1. The minimum Gasteiger partial charge on any atom is -0.397 e. The van der Waals surface area contributed by atoms with Crippen LogP contribution in [0.25, 0.3) is 5.52 Å². The van der Waals surface area contributed by atoms with Crippen molar-refractivity contribution in [3.05, 3.63) is 30.1 Å². The van der Waals surface area contributed by atoms with Crippen LogP contribution in [0, 0.1) is 0 Å².